The highest BCUT2D eigenvalue weighted by molar-refractivity contribution is 6.18. The van der Waals surface area contributed by atoms with E-state index < -0.39 is 0 Å². The molecule has 1 heterocycles. The molecule has 1 N–H and O–H groups in total. The molecule has 0 spiro atoms. The van der Waals surface area contributed by atoms with Gasteiger partial charge in [-0.25, -0.2) is 0 Å². The van der Waals surface area contributed by atoms with Crippen LogP contribution in [0, 0.1) is 0 Å². The minimum absolute atomic E-state index is 0.0915. The zero-order valence-electron chi connectivity index (χ0n) is 11.4. The lowest BCUT2D eigenvalue weighted by Gasteiger charge is -2.16. The summed E-state index contributed by atoms with van der Waals surface area (Å²) in [6, 6.07) is 11.6. The molecule has 2 rings (SSSR count). The van der Waals surface area contributed by atoms with Crippen LogP contribution in [0.25, 0.3) is 0 Å². The molecule has 1 aromatic heterocycles. The molecule has 106 valence electrons. The molecule has 0 saturated carbocycles. The summed E-state index contributed by atoms with van der Waals surface area (Å²) in [5, 5.41) is 2.96. The van der Waals surface area contributed by atoms with Gasteiger partial charge >= 0.3 is 0 Å². The normalized spacial score (nSPS) is 12.1. The molecule has 2 aromatic rings. The molecule has 3 nitrogen and oxygen atoms in total. The van der Waals surface area contributed by atoms with Crippen LogP contribution in [0.4, 0.5) is 0 Å². The van der Waals surface area contributed by atoms with Crippen molar-refractivity contribution in [2.75, 3.05) is 5.88 Å². The highest BCUT2D eigenvalue weighted by atomic mass is 35.5. The number of halogens is 1. The Labute approximate surface area is 123 Å². The Morgan fingerprint density at radius 3 is 2.70 bits per heavy atom. The van der Waals surface area contributed by atoms with Crippen LogP contribution in [0.2, 0.25) is 0 Å². The van der Waals surface area contributed by atoms with E-state index in [9.17, 15) is 4.79 Å². The summed E-state index contributed by atoms with van der Waals surface area (Å²) in [6.45, 7) is 1.96. The van der Waals surface area contributed by atoms with E-state index in [1.807, 2.05) is 37.3 Å². The molecule has 1 unspecified atom stereocenters. The predicted molar refractivity (Wildman–Crippen MR) is 80.2 cm³/mol. The molecule has 1 amide bonds. The minimum Gasteiger partial charge on any atom is -0.469 e. The summed E-state index contributed by atoms with van der Waals surface area (Å²) in [6.07, 6.45) is 2.95. The predicted octanol–water partition coefficient (Wildman–Crippen LogP) is 3.42. The van der Waals surface area contributed by atoms with Crippen molar-refractivity contribution < 1.29 is 9.21 Å². The summed E-state index contributed by atoms with van der Waals surface area (Å²) < 4.78 is 5.27. The van der Waals surface area contributed by atoms with E-state index in [-0.39, 0.29) is 11.9 Å². The maximum Gasteiger partial charge on any atom is 0.255 e. The number of amides is 1. The first-order valence-corrected chi connectivity index (χ1v) is 7.25. The summed E-state index contributed by atoms with van der Waals surface area (Å²) in [4.78, 5) is 12.2. The molecule has 1 aromatic carbocycles. The molecule has 0 aliphatic carbocycles. The maximum atomic E-state index is 12.2. The lowest BCUT2D eigenvalue weighted by atomic mass is 10.1. The first kappa shape index (κ1) is 14.7. The standard InChI is InChI=1S/C16H18ClNO2/c1-2-15-14(8-9-20-15)16(19)18-13(11-17)10-12-6-4-3-5-7-12/h3-9,13H,2,10-11H2,1H3,(H,18,19). The fraction of sp³-hybridized carbons (Fsp3) is 0.312. The van der Waals surface area contributed by atoms with Crippen LogP contribution in [-0.2, 0) is 12.8 Å². The Balaban J connectivity index is 2.01. The third-order valence-corrected chi connectivity index (χ3v) is 3.53. The van der Waals surface area contributed by atoms with Gasteiger partial charge in [0.2, 0.25) is 0 Å². The molecule has 0 saturated heterocycles. The molecule has 0 bridgehead atoms. The van der Waals surface area contributed by atoms with Crippen LogP contribution < -0.4 is 5.32 Å². The molecular weight excluding hydrogens is 274 g/mol. The molecule has 1 atom stereocenters. The first-order chi connectivity index (χ1) is 9.74. The van der Waals surface area contributed by atoms with Crippen molar-refractivity contribution in [1.82, 2.24) is 5.32 Å². The average molecular weight is 292 g/mol. The SMILES string of the molecule is CCc1occc1C(=O)NC(CCl)Cc1ccccc1. The van der Waals surface area contributed by atoms with Crippen molar-refractivity contribution >= 4 is 17.5 Å². The van der Waals surface area contributed by atoms with Gasteiger partial charge in [0, 0.05) is 18.3 Å². The van der Waals surface area contributed by atoms with Crippen molar-refractivity contribution in [2.24, 2.45) is 0 Å². The number of alkyl halides is 1. The number of furan rings is 1. The van der Waals surface area contributed by atoms with Crippen LogP contribution in [0.3, 0.4) is 0 Å². The zero-order valence-corrected chi connectivity index (χ0v) is 12.2. The topological polar surface area (TPSA) is 42.2 Å². The fourth-order valence-electron chi connectivity index (χ4n) is 2.12. The van der Waals surface area contributed by atoms with E-state index in [1.165, 1.54) is 0 Å². The summed E-state index contributed by atoms with van der Waals surface area (Å²) >= 11 is 5.96. The van der Waals surface area contributed by atoms with Gasteiger partial charge in [0.05, 0.1) is 11.8 Å². The summed E-state index contributed by atoms with van der Waals surface area (Å²) in [7, 11) is 0. The van der Waals surface area contributed by atoms with Crippen LogP contribution in [0.15, 0.2) is 47.1 Å². The van der Waals surface area contributed by atoms with Gasteiger partial charge < -0.3 is 9.73 Å². The molecule has 20 heavy (non-hydrogen) atoms. The number of nitrogens with one attached hydrogen (secondary N) is 1. The number of rotatable bonds is 6. The second kappa shape index (κ2) is 7.15. The number of aryl methyl sites for hydroxylation is 1. The fourth-order valence-corrected chi connectivity index (χ4v) is 2.31. The Hall–Kier alpha value is -1.74. The molecular formula is C16H18ClNO2. The monoisotopic (exact) mass is 291 g/mol. The van der Waals surface area contributed by atoms with Crippen LogP contribution in [0.1, 0.15) is 28.6 Å². The van der Waals surface area contributed by atoms with Crippen molar-refractivity contribution in [3.8, 4) is 0 Å². The van der Waals surface area contributed by atoms with Crippen molar-refractivity contribution in [3.05, 3.63) is 59.5 Å². The summed E-state index contributed by atoms with van der Waals surface area (Å²) in [5.74, 6) is 0.952. The maximum absolute atomic E-state index is 12.2. The van der Waals surface area contributed by atoms with Gasteiger partial charge in [-0.3, -0.25) is 4.79 Å². The van der Waals surface area contributed by atoms with Gasteiger partial charge in [-0.2, -0.15) is 0 Å². The third-order valence-electron chi connectivity index (χ3n) is 3.16. The van der Waals surface area contributed by atoms with Crippen LogP contribution in [-0.4, -0.2) is 17.8 Å². The number of hydrogen-bond acceptors (Lipinski definition) is 2. The van der Waals surface area contributed by atoms with E-state index in [0.29, 0.717) is 23.6 Å². The zero-order chi connectivity index (χ0) is 14.4. The second-order valence-electron chi connectivity index (χ2n) is 4.63. The van der Waals surface area contributed by atoms with Gasteiger partial charge in [0.15, 0.2) is 0 Å². The summed E-state index contributed by atoms with van der Waals surface area (Å²) in [5.41, 5.74) is 1.75. The number of carbonyl (C=O) groups is 1. The quantitative estimate of drug-likeness (QED) is 0.829. The van der Waals surface area contributed by atoms with E-state index >= 15 is 0 Å². The van der Waals surface area contributed by atoms with Crippen molar-refractivity contribution in [1.29, 1.82) is 0 Å². The second-order valence-corrected chi connectivity index (χ2v) is 4.93. The Kier molecular flexibility index (Phi) is 5.24. The van der Waals surface area contributed by atoms with Gasteiger partial charge in [-0.15, -0.1) is 11.6 Å². The molecule has 0 radical (unpaired) electrons. The van der Waals surface area contributed by atoms with Gasteiger partial charge in [-0.05, 0) is 18.1 Å². The third kappa shape index (κ3) is 3.64. The number of hydrogen-bond donors (Lipinski definition) is 1. The van der Waals surface area contributed by atoms with E-state index in [2.05, 4.69) is 5.32 Å². The van der Waals surface area contributed by atoms with Gasteiger partial charge in [-0.1, -0.05) is 37.3 Å². The minimum atomic E-state index is -0.128. The van der Waals surface area contributed by atoms with Gasteiger partial charge in [0.1, 0.15) is 5.76 Å². The molecule has 0 aliphatic heterocycles. The molecule has 4 heteroatoms. The van der Waals surface area contributed by atoms with Crippen molar-refractivity contribution in [3.63, 3.8) is 0 Å². The van der Waals surface area contributed by atoms with E-state index in [4.69, 9.17) is 16.0 Å². The van der Waals surface area contributed by atoms with Gasteiger partial charge in [0.25, 0.3) is 5.91 Å². The Morgan fingerprint density at radius 1 is 1.30 bits per heavy atom. The smallest absolute Gasteiger partial charge is 0.255 e. The lowest BCUT2D eigenvalue weighted by molar-refractivity contribution is 0.0938. The molecule has 0 aliphatic rings. The van der Waals surface area contributed by atoms with E-state index in [1.54, 1.807) is 12.3 Å². The number of carbonyl (C=O) groups excluding carboxylic acids is 1. The molecule has 0 fully saturated rings. The number of benzene rings is 1. The van der Waals surface area contributed by atoms with E-state index in [0.717, 1.165) is 12.0 Å². The Bertz CT molecular complexity index is 551. The van der Waals surface area contributed by atoms with Crippen LogP contribution in [0.5, 0.6) is 0 Å². The largest absolute Gasteiger partial charge is 0.469 e. The first-order valence-electron chi connectivity index (χ1n) is 6.71. The highest BCUT2D eigenvalue weighted by Gasteiger charge is 2.17. The average Bonchev–Trinajstić information content (AvgIpc) is 2.96. The lowest BCUT2D eigenvalue weighted by Crippen LogP contribution is -2.38. The Morgan fingerprint density at radius 2 is 2.05 bits per heavy atom. The highest BCUT2D eigenvalue weighted by Crippen LogP contribution is 2.12. The van der Waals surface area contributed by atoms with Crippen LogP contribution >= 0.6 is 11.6 Å². The van der Waals surface area contributed by atoms with Crippen molar-refractivity contribution in [2.45, 2.75) is 25.8 Å².